The summed E-state index contributed by atoms with van der Waals surface area (Å²) in [5.74, 6) is 0.324. The maximum Gasteiger partial charge on any atom is 0.237 e. The van der Waals surface area contributed by atoms with E-state index in [9.17, 15) is 9.90 Å². The van der Waals surface area contributed by atoms with Crippen molar-refractivity contribution in [2.45, 2.75) is 51.8 Å². The minimum Gasteiger partial charge on any atom is -0.493 e. The Kier molecular flexibility index (Phi) is 6.65. The van der Waals surface area contributed by atoms with E-state index in [0.717, 1.165) is 5.56 Å². The van der Waals surface area contributed by atoms with Gasteiger partial charge in [0.2, 0.25) is 5.91 Å². The molecule has 1 rings (SSSR count). The number of ether oxygens (including phenoxy) is 1. The Bertz CT molecular complexity index is 463. The van der Waals surface area contributed by atoms with E-state index in [2.05, 4.69) is 5.32 Å². The molecule has 1 aromatic carbocycles. The lowest BCUT2D eigenvalue weighted by molar-refractivity contribution is -0.124. The predicted molar refractivity (Wildman–Crippen MR) is 83.0 cm³/mol. The number of carbonyl (C=O) groups excluding carboxylic acids is 1. The van der Waals surface area contributed by atoms with E-state index in [4.69, 9.17) is 10.5 Å². The van der Waals surface area contributed by atoms with Gasteiger partial charge in [0.05, 0.1) is 18.8 Å². The Hall–Kier alpha value is -1.59. The van der Waals surface area contributed by atoms with Crippen LogP contribution in [0.2, 0.25) is 0 Å². The fraction of sp³-hybridized carbons (Fsp3) is 0.562. The van der Waals surface area contributed by atoms with Crippen LogP contribution in [0, 0.1) is 0 Å². The lowest BCUT2D eigenvalue weighted by Gasteiger charge is -2.29. The normalized spacial score (nSPS) is 14.0. The molecule has 0 heterocycles. The molecule has 0 aromatic heterocycles. The number of rotatable bonds is 9. The molecule has 4 N–H and O–H groups in total. The number of aliphatic hydroxyl groups is 1. The van der Waals surface area contributed by atoms with Crippen molar-refractivity contribution in [2.75, 3.05) is 6.61 Å². The topological polar surface area (TPSA) is 84.6 Å². The molecule has 5 heteroatoms. The van der Waals surface area contributed by atoms with Crippen LogP contribution in [0.3, 0.4) is 0 Å². The highest BCUT2D eigenvalue weighted by molar-refractivity contribution is 5.84. The summed E-state index contributed by atoms with van der Waals surface area (Å²) in [4.78, 5) is 11.6. The number of carbonyl (C=O) groups is 1. The van der Waals surface area contributed by atoms with Gasteiger partial charge in [0, 0.05) is 11.6 Å². The third-order valence-electron chi connectivity index (χ3n) is 3.37. The molecule has 21 heavy (non-hydrogen) atoms. The summed E-state index contributed by atoms with van der Waals surface area (Å²) in [5.41, 5.74) is 5.51. The first-order valence-electron chi connectivity index (χ1n) is 7.28. The maximum atomic E-state index is 11.6. The zero-order chi connectivity index (χ0) is 15.9. The van der Waals surface area contributed by atoms with Crippen molar-refractivity contribution in [3.63, 3.8) is 0 Å². The van der Waals surface area contributed by atoms with Crippen molar-refractivity contribution in [1.29, 1.82) is 0 Å². The molecule has 1 amide bonds. The number of amides is 1. The Morgan fingerprint density at radius 2 is 2.10 bits per heavy atom. The quantitative estimate of drug-likeness (QED) is 0.604. The summed E-state index contributed by atoms with van der Waals surface area (Å²) in [7, 11) is 0. The Balaban J connectivity index is 2.50. The molecule has 0 radical (unpaired) electrons. The van der Waals surface area contributed by atoms with E-state index in [1.807, 2.05) is 45.0 Å². The van der Waals surface area contributed by atoms with E-state index < -0.39 is 5.54 Å². The molecule has 1 unspecified atom stereocenters. The van der Waals surface area contributed by atoms with Crippen LogP contribution < -0.4 is 15.8 Å². The molecule has 0 fully saturated rings. The smallest absolute Gasteiger partial charge is 0.237 e. The van der Waals surface area contributed by atoms with Crippen LogP contribution in [0.5, 0.6) is 5.75 Å². The van der Waals surface area contributed by atoms with Gasteiger partial charge in [-0.25, -0.2) is 0 Å². The van der Waals surface area contributed by atoms with E-state index in [1.54, 1.807) is 0 Å². The molecule has 0 aliphatic heterocycles. The van der Waals surface area contributed by atoms with E-state index in [1.165, 1.54) is 0 Å². The van der Waals surface area contributed by atoms with Gasteiger partial charge in [-0.05, 0) is 39.7 Å². The number of nitrogens with one attached hydrogen (secondary N) is 1. The predicted octanol–water partition coefficient (Wildman–Crippen LogP) is 1.58. The third kappa shape index (κ3) is 5.36. The molecular weight excluding hydrogens is 268 g/mol. The Morgan fingerprint density at radius 3 is 2.67 bits per heavy atom. The molecule has 1 aromatic rings. The van der Waals surface area contributed by atoms with Crippen molar-refractivity contribution in [2.24, 2.45) is 5.73 Å². The minimum absolute atomic E-state index is 0.0515. The van der Waals surface area contributed by atoms with E-state index in [-0.39, 0.29) is 18.6 Å². The largest absolute Gasteiger partial charge is 0.493 e. The monoisotopic (exact) mass is 294 g/mol. The first-order valence-corrected chi connectivity index (χ1v) is 7.28. The fourth-order valence-electron chi connectivity index (χ4n) is 2.29. The van der Waals surface area contributed by atoms with Crippen LogP contribution in [0.1, 0.15) is 39.2 Å². The second kappa shape index (κ2) is 8.00. The molecule has 118 valence electrons. The number of benzene rings is 1. The van der Waals surface area contributed by atoms with Crippen molar-refractivity contribution < 1.29 is 14.6 Å². The number of hydrogen-bond donors (Lipinski definition) is 3. The number of para-hydroxylation sites is 1. The Morgan fingerprint density at radius 1 is 1.43 bits per heavy atom. The number of hydrogen-bond acceptors (Lipinski definition) is 4. The van der Waals surface area contributed by atoms with Gasteiger partial charge in [0.25, 0.3) is 0 Å². The zero-order valence-corrected chi connectivity index (χ0v) is 13.1. The number of nitrogens with two attached hydrogens (primary N) is 1. The van der Waals surface area contributed by atoms with Crippen LogP contribution in [0.25, 0.3) is 0 Å². The maximum absolute atomic E-state index is 11.6. The summed E-state index contributed by atoms with van der Waals surface area (Å²) in [5, 5.41) is 12.4. The zero-order valence-electron chi connectivity index (χ0n) is 13.1. The van der Waals surface area contributed by atoms with Crippen molar-refractivity contribution >= 4 is 5.91 Å². The van der Waals surface area contributed by atoms with Gasteiger partial charge in [-0.3, -0.25) is 4.79 Å². The molecule has 0 saturated heterocycles. The summed E-state index contributed by atoms with van der Waals surface area (Å²) >= 11 is 0. The second-order valence-electron chi connectivity index (χ2n) is 5.71. The third-order valence-corrected chi connectivity index (χ3v) is 3.37. The van der Waals surface area contributed by atoms with Crippen LogP contribution in [-0.2, 0) is 11.4 Å². The molecule has 0 aliphatic carbocycles. The molecule has 0 spiro atoms. The highest BCUT2D eigenvalue weighted by atomic mass is 16.5. The lowest BCUT2D eigenvalue weighted by atomic mass is 9.94. The molecule has 0 bridgehead atoms. The standard InChI is InChI=1S/C16H26N2O3/c1-12(2)18-16(3,15(17)20)9-6-10-21-14-8-5-4-7-13(14)11-19/h4-5,7-8,12,18-19H,6,9-11H2,1-3H3,(H2,17,20). The highest BCUT2D eigenvalue weighted by Crippen LogP contribution is 2.19. The minimum atomic E-state index is -0.728. The van der Waals surface area contributed by atoms with Gasteiger partial charge < -0.3 is 20.9 Å². The van der Waals surface area contributed by atoms with E-state index in [0.29, 0.717) is 25.2 Å². The summed E-state index contributed by atoms with van der Waals surface area (Å²) in [6.07, 6.45) is 1.29. The van der Waals surface area contributed by atoms with Gasteiger partial charge in [-0.15, -0.1) is 0 Å². The SMILES string of the molecule is CC(C)NC(C)(CCCOc1ccccc1CO)C(N)=O. The van der Waals surface area contributed by atoms with Gasteiger partial charge in [0.15, 0.2) is 0 Å². The number of primary amides is 1. The first-order chi connectivity index (χ1) is 9.89. The first kappa shape index (κ1) is 17.5. The molecule has 0 aliphatic rings. The molecule has 0 saturated carbocycles. The van der Waals surface area contributed by atoms with Crippen molar-refractivity contribution in [3.8, 4) is 5.75 Å². The molecule has 5 nitrogen and oxygen atoms in total. The molecular formula is C16H26N2O3. The molecule has 1 atom stereocenters. The average Bonchev–Trinajstić information content (AvgIpc) is 2.43. The van der Waals surface area contributed by atoms with Crippen LogP contribution in [0.4, 0.5) is 0 Å². The summed E-state index contributed by atoms with van der Waals surface area (Å²) in [6, 6.07) is 7.55. The average molecular weight is 294 g/mol. The fourth-order valence-corrected chi connectivity index (χ4v) is 2.29. The summed E-state index contributed by atoms with van der Waals surface area (Å²) in [6.45, 7) is 6.20. The van der Waals surface area contributed by atoms with Gasteiger partial charge in [0.1, 0.15) is 5.75 Å². The Labute approximate surface area is 126 Å². The van der Waals surface area contributed by atoms with E-state index >= 15 is 0 Å². The summed E-state index contributed by atoms with van der Waals surface area (Å²) < 4.78 is 5.67. The highest BCUT2D eigenvalue weighted by Gasteiger charge is 2.30. The number of aliphatic hydroxyl groups excluding tert-OH is 1. The lowest BCUT2D eigenvalue weighted by Crippen LogP contribution is -2.55. The van der Waals surface area contributed by atoms with Gasteiger partial charge in [-0.1, -0.05) is 18.2 Å². The van der Waals surface area contributed by atoms with Crippen LogP contribution >= 0.6 is 0 Å². The van der Waals surface area contributed by atoms with Crippen molar-refractivity contribution in [3.05, 3.63) is 29.8 Å². The van der Waals surface area contributed by atoms with Gasteiger partial charge in [-0.2, -0.15) is 0 Å². The van der Waals surface area contributed by atoms with Gasteiger partial charge >= 0.3 is 0 Å². The van der Waals surface area contributed by atoms with Crippen LogP contribution in [0.15, 0.2) is 24.3 Å². The van der Waals surface area contributed by atoms with Crippen molar-refractivity contribution in [1.82, 2.24) is 5.32 Å². The van der Waals surface area contributed by atoms with Crippen LogP contribution in [-0.4, -0.2) is 29.2 Å². The second-order valence-corrected chi connectivity index (χ2v) is 5.71.